The second-order valence-corrected chi connectivity index (χ2v) is 4.24. The van der Waals surface area contributed by atoms with Crippen LogP contribution in [0.5, 0.6) is 0 Å². The average Bonchev–Trinajstić information content (AvgIpc) is 2.18. The van der Waals surface area contributed by atoms with Crippen LogP contribution in [0.2, 0.25) is 0 Å². The Kier molecular flexibility index (Phi) is 4.24. The van der Waals surface area contributed by atoms with Crippen molar-refractivity contribution in [3.05, 3.63) is 0 Å². The van der Waals surface area contributed by atoms with E-state index in [4.69, 9.17) is 5.26 Å². The lowest BCUT2D eigenvalue weighted by Gasteiger charge is -2.31. The number of piperidine rings is 1. The van der Waals surface area contributed by atoms with Crippen molar-refractivity contribution >= 4 is 0 Å². The number of rotatable bonds is 3. The second-order valence-electron chi connectivity index (χ2n) is 4.24. The average molecular weight is 180 g/mol. The smallest absolute Gasteiger partial charge is 0.0669 e. The number of likely N-dealkylation sites (tertiary alicyclic amines) is 1. The summed E-state index contributed by atoms with van der Waals surface area (Å²) in [7, 11) is 0. The van der Waals surface area contributed by atoms with Gasteiger partial charge in [-0.05, 0) is 25.3 Å². The first-order valence-corrected chi connectivity index (χ1v) is 5.38. The first-order chi connectivity index (χ1) is 6.26. The van der Waals surface area contributed by atoms with Crippen LogP contribution >= 0.6 is 0 Å². The van der Waals surface area contributed by atoms with E-state index < -0.39 is 0 Å². The summed E-state index contributed by atoms with van der Waals surface area (Å²) in [5.41, 5.74) is 0. The highest BCUT2D eigenvalue weighted by Crippen LogP contribution is 2.17. The summed E-state index contributed by atoms with van der Waals surface area (Å²) >= 11 is 0. The van der Waals surface area contributed by atoms with Crippen molar-refractivity contribution in [2.24, 2.45) is 11.8 Å². The zero-order valence-corrected chi connectivity index (χ0v) is 8.79. The van der Waals surface area contributed by atoms with Gasteiger partial charge in [-0.15, -0.1) is 0 Å². The molecule has 13 heavy (non-hydrogen) atoms. The Morgan fingerprint density at radius 3 is 3.00 bits per heavy atom. The molecule has 0 bridgehead atoms. The SMILES string of the molecule is CCC(C)CN1CCCC(C#N)C1. The Morgan fingerprint density at radius 1 is 1.62 bits per heavy atom. The molecule has 1 aliphatic rings. The fourth-order valence-corrected chi connectivity index (χ4v) is 1.90. The van der Waals surface area contributed by atoms with E-state index in [1.165, 1.54) is 25.9 Å². The predicted octanol–water partition coefficient (Wildman–Crippen LogP) is 2.27. The van der Waals surface area contributed by atoms with Gasteiger partial charge in [0.15, 0.2) is 0 Å². The molecular formula is C11H20N2. The monoisotopic (exact) mass is 180 g/mol. The summed E-state index contributed by atoms with van der Waals surface area (Å²) in [4.78, 5) is 2.45. The zero-order chi connectivity index (χ0) is 9.68. The van der Waals surface area contributed by atoms with Crippen molar-refractivity contribution in [3.8, 4) is 6.07 Å². The molecule has 0 radical (unpaired) electrons. The van der Waals surface area contributed by atoms with Crippen LogP contribution in [-0.2, 0) is 0 Å². The van der Waals surface area contributed by atoms with Gasteiger partial charge < -0.3 is 4.90 Å². The van der Waals surface area contributed by atoms with E-state index in [1.807, 2.05) is 0 Å². The lowest BCUT2D eigenvalue weighted by Crippen LogP contribution is -2.37. The second kappa shape index (κ2) is 5.24. The Balaban J connectivity index is 2.30. The fourth-order valence-electron chi connectivity index (χ4n) is 1.90. The molecule has 0 aromatic heterocycles. The topological polar surface area (TPSA) is 27.0 Å². The van der Waals surface area contributed by atoms with Crippen LogP contribution in [0.15, 0.2) is 0 Å². The molecule has 0 amide bonds. The predicted molar refractivity (Wildman–Crippen MR) is 54.2 cm³/mol. The van der Waals surface area contributed by atoms with Crippen LogP contribution in [-0.4, -0.2) is 24.5 Å². The van der Waals surface area contributed by atoms with E-state index in [2.05, 4.69) is 24.8 Å². The summed E-state index contributed by atoms with van der Waals surface area (Å²) in [6.07, 6.45) is 3.55. The molecule has 2 unspecified atom stereocenters. The van der Waals surface area contributed by atoms with Crippen LogP contribution in [0, 0.1) is 23.2 Å². The van der Waals surface area contributed by atoms with Gasteiger partial charge in [0.1, 0.15) is 0 Å². The molecule has 1 rings (SSSR count). The van der Waals surface area contributed by atoms with Crippen LogP contribution in [0.3, 0.4) is 0 Å². The number of hydrogen-bond donors (Lipinski definition) is 0. The minimum Gasteiger partial charge on any atom is -0.302 e. The van der Waals surface area contributed by atoms with Gasteiger partial charge >= 0.3 is 0 Å². The standard InChI is InChI=1S/C11H20N2/c1-3-10(2)8-13-6-4-5-11(7-12)9-13/h10-11H,3-6,8-9H2,1-2H3. The van der Waals surface area contributed by atoms with Crippen molar-refractivity contribution in [2.45, 2.75) is 33.1 Å². The summed E-state index contributed by atoms with van der Waals surface area (Å²) in [6.45, 7) is 7.89. The summed E-state index contributed by atoms with van der Waals surface area (Å²) in [6, 6.07) is 2.38. The maximum Gasteiger partial charge on any atom is 0.0669 e. The Bertz CT molecular complexity index is 183. The zero-order valence-electron chi connectivity index (χ0n) is 8.79. The summed E-state index contributed by atoms with van der Waals surface area (Å²) in [5, 5.41) is 8.82. The molecule has 2 atom stereocenters. The fraction of sp³-hybridized carbons (Fsp3) is 0.909. The molecule has 0 aromatic rings. The van der Waals surface area contributed by atoms with Crippen molar-refractivity contribution in [3.63, 3.8) is 0 Å². The van der Waals surface area contributed by atoms with Gasteiger partial charge in [-0.3, -0.25) is 0 Å². The van der Waals surface area contributed by atoms with E-state index >= 15 is 0 Å². The largest absolute Gasteiger partial charge is 0.302 e. The third-order valence-electron chi connectivity index (χ3n) is 2.95. The maximum atomic E-state index is 8.82. The number of nitrogens with zero attached hydrogens (tertiary/aromatic N) is 2. The molecular weight excluding hydrogens is 160 g/mol. The van der Waals surface area contributed by atoms with E-state index in [-0.39, 0.29) is 5.92 Å². The molecule has 2 heteroatoms. The van der Waals surface area contributed by atoms with Crippen molar-refractivity contribution in [1.29, 1.82) is 5.26 Å². The van der Waals surface area contributed by atoms with Gasteiger partial charge in [0, 0.05) is 13.1 Å². The molecule has 0 spiro atoms. The Morgan fingerprint density at radius 2 is 2.38 bits per heavy atom. The lowest BCUT2D eigenvalue weighted by molar-refractivity contribution is 0.175. The third kappa shape index (κ3) is 3.36. The van der Waals surface area contributed by atoms with E-state index in [1.54, 1.807) is 0 Å². The highest BCUT2D eigenvalue weighted by molar-refractivity contribution is 4.88. The molecule has 1 saturated heterocycles. The Hall–Kier alpha value is -0.550. The molecule has 2 nitrogen and oxygen atoms in total. The first kappa shape index (κ1) is 10.5. The van der Waals surface area contributed by atoms with Crippen molar-refractivity contribution in [2.75, 3.05) is 19.6 Å². The molecule has 1 fully saturated rings. The third-order valence-corrected chi connectivity index (χ3v) is 2.95. The number of hydrogen-bond acceptors (Lipinski definition) is 2. The van der Waals surface area contributed by atoms with Crippen LogP contribution in [0.25, 0.3) is 0 Å². The maximum absolute atomic E-state index is 8.82. The van der Waals surface area contributed by atoms with Crippen LogP contribution < -0.4 is 0 Å². The molecule has 0 N–H and O–H groups in total. The van der Waals surface area contributed by atoms with Crippen LogP contribution in [0.1, 0.15) is 33.1 Å². The lowest BCUT2D eigenvalue weighted by atomic mass is 9.98. The summed E-state index contributed by atoms with van der Waals surface area (Å²) in [5.74, 6) is 1.07. The van der Waals surface area contributed by atoms with Crippen molar-refractivity contribution < 1.29 is 0 Å². The molecule has 0 aromatic carbocycles. The van der Waals surface area contributed by atoms with Gasteiger partial charge in [-0.25, -0.2) is 0 Å². The summed E-state index contributed by atoms with van der Waals surface area (Å²) < 4.78 is 0. The van der Waals surface area contributed by atoms with Crippen LogP contribution in [0.4, 0.5) is 0 Å². The minimum atomic E-state index is 0.290. The van der Waals surface area contributed by atoms with Gasteiger partial charge in [0.25, 0.3) is 0 Å². The minimum absolute atomic E-state index is 0.290. The molecule has 1 aliphatic heterocycles. The van der Waals surface area contributed by atoms with Crippen molar-refractivity contribution in [1.82, 2.24) is 4.90 Å². The van der Waals surface area contributed by atoms with E-state index in [9.17, 15) is 0 Å². The van der Waals surface area contributed by atoms with E-state index in [0.717, 1.165) is 18.9 Å². The molecule has 0 aliphatic carbocycles. The first-order valence-electron chi connectivity index (χ1n) is 5.38. The van der Waals surface area contributed by atoms with Gasteiger partial charge in [0.05, 0.1) is 12.0 Å². The highest BCUT2D eigenvalue weighted by Gasteiger charge is 2.19. The molecule has 0 saturated carbocycles. The van der Waals surface area contributed by atoms with Gasteiger partial charge in [-0.2, -0.15) is 5.26 Å². The molecule has 1 heterocycles. The van der Waals surface area contributed by atoms with Gasteiger partial charge in [-0.1, -0.05) is 20.3 Å². The number of nitriles is 1. The normalized spacial score (nSPS) is 26.7. The molecule has 74 valence electrons. The quantitative estimate of drug-likeness (QED) is 0.666. The van der Waals surface area contributed by atoms with Gasteiger partial charge in [0.2, 0.25) is 0 Å². The Labute approximate surface area is 81.5 Å². The van der Waals surface area contributed by atoms with E-state index in [0.29, 0.717) is 0 Å². The highest BCUT2D eigenvalue weighted by atomic mass is 15.1.